The molecule has 0 heterocycles. The Morgan fingerprint density at radius 2 is 1.50 bits per heavy atom. The van der Waals surface area contributed by atoms with Crippen LogP contribution in [0.2, 0.25) is 5.02 Å². The Balaban J connectivity index is 1.97. The van der Waals surface area contributed by atoms with E-state index in [1.807, 2.05) is 0 Å². The molecule has 114 valence electrons. The van der Waals surface area contributed by atoms with Crippen LogP contribution in [-0.2, 0) is 9.53 Å². The Morgan fingerprint density at radius 3 is 2.05 bits per heavy atom. The zero-order chi connectivity index (χ0) is 15.9. The molecule has 0 unspecified atom stereocenters. The van der Waals surface area contributed by atoms with Crippen molar-refractivity contribution in [3.05, 3.63) is 64.7 Å². The summed E-state index contributed by atoms with van der Waals surface area (Å²) >= 11 is 5.80. The number of halogens is 1. The van der Waals surface area contributed by atoms with E-state index in [-0.39, 0.29) is 24.8 Å². The molecule has 0 aliphatic rings. The van der Waals surface area contributed by atoms with Gasteiger partial charge in [-0.3, -0.25) is 9.59 Å². The van der Waals surface area contributed by atoms with Crippen molar-refractivity contribution in [2.24, 2.45) is 0 Å². The van der Waals surface area contributed by atoms with Crippen LogP contribution < -0.4 is 4.74 Å². The molecule has 2 aromatic carbocycles. The average Bonchev–Trinajstić information content (AvgIpc) is 2.55. The average molecular weight is 319 g/mol. The van der Waals surface area contributed by atoms with E-state index in [2.05, 4.69) is 4.74 Å². The second-order valence-electron chi connectivity index (χ2n) is 4.53. The highest BCUT2D eigenvalue weighted by atomic mass is 35.5. The fourth-order valence-corrected chi connectivity index (χ4v) is 1.95. The maximum Gasteiger partial charge on any atom is 0.308 e. The van der Waals surface area contributed by atoms with Crippen LogP contribution >= 0.6 is 11.6 Å². The first-order valence-corrected chi connectivity index (χ1v) is 7.08. The van der Waals surface area contributed by atoms with Crippen molar-refractivity contribution in [3.8, 4) is 5.75 Å². The van der Waals surface area contributed by atoms with Gasteiger partial charge in [-0.1, -0.05) is 11.6 Å². The number of methoxy groups -OCH3 is 1. The molecule has 5 heteroatoms. The van der Waals surface area contributed by atoms with Crippen LogP contribution in [0.25, 0.3) is 0 Å². The number of carbonyl (C=O) groups excluding carboxylic acids is 2. The molecule has 0 atom stereocenters. The van der Waals surface area contributed by atoms with Gasteiger partial charge in [-0.15, -0.1) is 0 Å². The van der Waals surface area contributed by atoms with Gasteiger partial charge in [0.15, 0.2) is 5.78 Å². The van der Waals surface area contributed by atoms with Crippen LogP contribution in [-0.4, -0.2) is 25.5 Å². The Morgan fingerprint density at radius 1 is 0.955 bits per heavy atom. The Labute approximate surface area is 133 Å². The van der Waals surface area contributed by atoms with Gasteiger partial charge in [-0.2, -0.15) is 0 Å². The minimum absolute atomic E-state index is 0.0854. The van der Waals surface area contributed by atoms with E-state index in [4.69, 9.17) is 16.3 Å². The summed E-state index contributed by atoms with van der Waals surface area (Å²) in [6, 6.07) is 13.5. The van der Waals surface area contributed by atoms with E-state index >= 15 is 0 Å². The number of ketones is 1. The summed E-state index contributed by atoms with van der Waals surface area (Å²) < 4.78 is 9.93. The van der Waals surface area contributed by atoms with Crippen molar-refractivity contribution in [1.82, 2.24) is 0 Å². The quantitative estimate of drug-likeness (QED) is 0.604. The fraction of sp³-hybridized carbons (Fsp3) is 0.176. The van der Waals surface area contributed by atoms with Gasteiger partial charge in [0, 0.05) is 16.1 Å². The monoisotopic (exact) mass is 318 g/mol. The van der Waals surface area contributed by atoms with E-state index < -0.39 is 0 Å². The maximum absolute atomic E-state index is 12.3. The molecular weight excluding hydrogens is 304 g/mol. The summed E-state index contributed by atoms with van der Waals surface area (Å²) in [5.74, 6) is 0.184. The van der Waals surface area contributed by atoms with Gasteiger partial charge < -0.3 is 9.47 Å². The zero-order valence-corrected chi connectivity index (χ0v) is 12.8. The van der Waals surface area contributed by atoms with Crippen molar-refractivity contribution in [3.63, 3.8) is 0 Å². The summed E-state index contributed by atoms with van der Waals surface area (Å²) in [6.45, 7) is 0.233. The smallest absolute Gasteiger partial charge is 0.308 e. The number of ether oxygens (including phenoxy) is 2. The number of hydrogen-bond donors (Lipinski definition) is 0. The molecule has 22 heavy (non-hydrogen) atoms. The molecule has 0 radical (unpaired) electrons. The molecule has 0 saturated heterocycles. The van der Waals surface area contributed by atoms with Gasteiger partial charge in [0.25, 0.3) is 0 Å². The summed E-state index contributed by atoms with van der Waals surface area (Å²) in [4.78, 5) is 23.2. The van der Waals surface area contributed by atoms with Crippen molar-refractivity contribution in [2.75, 3.05) is 13.7 Å². The third kappa shape index (κ3) is 4.33. The SMILES string of the molecule is COC(=O)CCOc1ccc(C(=O)c2ccc(Cl)cc2)cc1. The Hall–Kier alpha value is -2.33. The highest BCUT2D eigenvalue weighted by Crippen LogP contribution is 2.17. The van der Waals surface area contributed by atoms with Crippen LogP contribution in [0.1, 0.15) is 22.3 Å². The highest BCUT2D eigenvalue weighted by molar-refractivity contribution is 6.30. The molecule has 0 bridgehead atoms. The zero-order valence-electron chi connectivity index (χ0n) is 12.0. The van der Waals surface area contributed by atoms with E-state index in [1.54, 1.807) is 48.5 Å². The third-order valence-electron chi connectivity index (χ3n) is 3.03. The minimum atomic E-state index is -0.325. The van der Waals surface area contributed by atoms with Gasteiger partial charge in [-0.25, -0.2) is 0 Å². The molecule has 4 nitrogen and oxygen atoms in total. The first-order valence-electron chi connectivity index (χ1n) is 6.70. The van der Waals surface area contributed by atoms with Crippen molar-refractivity contribution in [1.29, 1.82) is 0 Å². The number of carbonyl (C=O) groups is 2. The molecule has 0 aliphatic carbocycles. The normalized spacial score (nSPS) is 10.1. The molecule has 2 rings (SSSR count). The molecule has 0 spiro atoms. The highest BCUT2D eigenvalue weighted by Gasteiger charge is 2.09. The predicted octanol–water partition coefficient (Wildman–Crippen LogP) is 3.51. The van der Waals surface area contributed by atoms with Crippen molar-refractivity contribution < 1.29 is 19.1 Å². The van der Waals surface area contributed by atoms with Crippen LogP contribution in [0, 0.1) is 0 Å². The molecule has 0 amide bonds. The number of esters is 1. The number of hydrogen-bond acceptors (Lipinski definition) is 4. The van der Waals surface area contributed by atoms with Crippen LogP contribution in [0.3, 0.4) is 0 Å². The fourth-order valence-electron chi connectivity index (χ4n) is 1.82. The van der Waals surface area contributed by atoms with Crippen molar-refractivity contribution >= 4 is 23.4 Å². The summed E-state index contributed by atoms with van der Waals surface area (Å²) in [6.07, 6.45) is 0.182. The molecule has 0 aliphatic heterocycles. The molecule has 0 aromatic heterocycles. The lowest BCUT2D eigenvalue weighted by Crippen LogP contribution is -2.07. The second kappa shape index (κ2) is 7.61. The van der Waals surface area contributed by atoms with E-state index in [9.17, 15) is 9.59 Å². The standard InChI is InChI=1S/C17H15ClO4/c1-21-16(19)10-11-22-15-8-4-13(5-9-15)17(20)12-2-6-14(18)7-3-12/h2-9H,10-11H2,1H3. The topological polar surface area (TPSA) is 52.6 Å². The molecular formula is C17H15ClO4. The van der Waals surface area contributed by atoms with Crippen LogP contribution in [0.4, 0.5) is 0 Å². The first-order chi connectivity index (χ1) is 10.6. The van der Waals surface area contributed by atoms with E-state index in [0.29, 0.717) is 21.9 Å². The lowest BCUT2D eigenvalue weighted by Gasteiger charge is -2.06. The molecule has 2 aromatic rings. The second-order valence-corrected chi connectivity index (χ2v) is 4.97. The van der Waals surface area contributed by atoms with E-state index in [1.165, 1.54) is 7.11 Å². The summed E-state index contributed by atoms with van der Waals surface area (Å²) in [7, 11) is 1.33. The van der Waals surface area contributed by atoms with E-state index in [0.717, 1.165) is 0 Å². The number of benzene rings is 2. The minimum Gasteiger partial charge on any atom is -0.493 e. The lowest BCUT2D eigenvalue weighted by molar-refractivity contribution is -0.141. The van der Waals surface area contributed by atoms with Crippen LogP contribution in [0.5, 0.6) is 5.75 Å². The van der Waals surface area contributed by atoms with Gasteiger partial charge in [0.1, 0.15) is 5.75 Å². The number of rotatable bonds is 6. The third-order valence-corrected chi connectivity index (χ3v) is 3.28. The summed E-state index contributed by atoms with van der Waals surface area (Å²) in [5, 5.41) is 0.589. The van der Waals surface area contributed by atoms with Crippen molar-refractivity contribution in [2.45, 2.75) is 6.42 Å². The summed E-state index contributed by atoms with van der Waals surface area (Å²) in [5.41, 5.74) is 1.13. The Kier molecular flexibility index (Phi) is 5.55. The molecule has 0 N–H and O–H groups in total. The van der Waals surface area contributed by atoms with Gasteiger partial charge in [-0.05, 0) is 48.5 Å². The lowest BCUT2D eigenvalue weighted by atomic mass is 10.0. The first kappa shape index (κ1) is 16.0. The largest absolute Gasteiger partial charge is 0.493 e. The molecule has 0 saturated carbocycles. The van der Waals surface area contributed by atoms with Gasteiger partial charge in [0.05, 0.1) is 20.1 Å². The molecule has 0 fully saturated rings. The van der Waals surface area contributed by atoms with Gasteiger partial charge in [0.2, 0.25) is 0 Å². The van der Waals surface area contributed by atoms with Gasteiger partial charge >= 0.3 is 5.97 Å². The predicted molar refractivity (Wildman–Crippen MR) is 83.5 cm³/mol. The Bertz CT molecular complexity index is 647. The van der Waals surface area contributed by atoms with Crippen LogP contribution in [0.15, 0.2) is 48.5 Å². The maximum atomic E-state index is 12.3.